The highest BCUT2D eigenvalue weighted by Gasteiger charge is 2.44. The first-order chi connectivity index (χ1) is 8.43. The molecule has 1 saturated heterocycles. The second-order valence-electron chi connectivity index (χ2n) is 5.00. The molecule has 2 rings (SSSR count). The van der Waals surface area contributed by atoms with Crippen molar-refractivity contribution in [2.75, 3.05) is 0 Å². The lowest BCUT2D eigenvalue weighted by atomic mass is 9.96. The van der Waals surface area contributed by atoms with E-state index < -0.39 is 11.6 Å². The Kier molecular flexibility index (Phi) is 3.07. The van der Waals surface area contributed by atoms with Gasteiger partial charge in [-0.25, -0.2) is 0 Å². The Morgan fingerprint density at radius 2 is 2.11 bits per heavy atom. The first kappa shape index (κ1) is 12.5. The molecule has 0 spiro atoms. The fourth-order valence-corrected chi connectivity index (χ4v) is 2.00. The van der Waals surface area contributed by atoms with Gasteiger partial charge >= 0.3 is 0 Å². The standard InChI is InChI=1S/C13H17N3O2/c1-9-11(17)16(13(2,3)12(18)15-9)8-10-6-4-5-7-14-10/h4-7,9H,8H2,1-3H3,(H,15,18). The van der Waals surface area contributed by atoms with Gasteiger partial charge in [0.15, 0.2) is 0 Å². The van der Waals surface area contributed by atoms with Gasteiger partial charge in [0.05, 0.1) is 12.2 Å². The van der Waals surface area contributed by atoms with E-state index in [1.54, 1.807) is 31.9 Å². The zero-order valence-corrected chi connectivity index (χ0v) is 10.8. The van der Waals surface area contributed by atoms with E-state index >= 15 is 0 Å². The van der Waals surface area contributed by atoms with Crippen LogP contribution in [0.4, 0.5) is 0 Å². The predicted molar refractivity (Wildman–Crippen MR) is 66.5 cm³/mol. The van der Waals surface area contributed by atoms with Crippen LogP contribution in [0.25, 0.3) is 0 Å². The van der Waals surface area contributed by atoms with Gasteiger partial charge in [0.25, 0.3) is 0 Å². The summed E-state index contributed by atoms with van der Waals surface area (Å²) in [6, 6.07) is 5.06. The maximum atomic E-state index is 12.2. The Hall–Kier alpha value is -1.91. The van der Waals surface area contributed by atoms with Crippen LogP contribution < -0.4 is 5.32 Å². The van der Waals surface area contributed by atoms with E-state index in [0.29, 0.717) is 6.54 Å². The number of amides is 2. The van der Waals surface area contributed by atoms with Crippen LogP contribution in [0.3, 0.4) is 0 Å². The van der Waals surface area contributed by atoms with Crippen molar-refractivity contribution in [3.63, 3.8) is 0 Å². The van der Waals surface area contributed by atoms with Gasteiger partial charge in [-0.2, -0.15) is 0 Å². The van der Waals surface area contributed by atoms with E-state index in [4.69, 9.17) is 0 Å². The molecular formula is C13H17N3O2. The van der Waals surface area contributed by atoms with Crippen molar-refractivity contribution < 1.29 is 9.59 Å². The number of carbonyl (C=O) groups excluding carboxylic acids is 2. The summed E-state index contributed by atoms with van der Waals surface area (Å²) in [7, 11) is 0. The highest BCUT2D eigenvalue weighted by atomic mass is 16.2. The van der Waals surface area contributed by atoms with E-state index in [2.05, 4.69) is 10.3 Å². The molecule has 0 aromatic carbocycles. The lowest BCUT2D eigenvalue weighted by molar-refractivity contribution is -0.155. The zero-order valence-electron chi connectivity index (χ0n) is 10.8. The monoisotopic (exact) mass is 247 g/mol. The van der Waals surface area contributed by atoms with Gasteiger partial charge in [0, 0.05) is 6.20 Å². The fourth-order valence-electron chi connectivity index (χ4n) is 2.00. The van der Waals surface area contributed by atoms with Gasteiger partial charge < -0.3 is 10.2 Å². The summed E-state index contributed by atoms with van der Waals surface area (Å²) in [6.07, 6.45) is 1.68. The lowest BCUT2D eigenvalue weighted by Crippen LogP contribution is -2.67. The molecule has 0 bridgehead atoms. The molecule has 1 fully saturated rings. The van der Waals surface area contributed by atoms with Crippen molar-refractivity contribution in [1.29, 1.82) is 0 Å². The van der Waals surface area contributed by atoms with E-state index in [-0.39, 0.29) is 11.8 Å². The number of pyridine rings is 1. The van der Waals surface area contributed by atoms with E-state index in [0.717, 1.165) is 5.69 Å². The molecule has 0 saturated carbocycles. The zero-order chi connectivity index (χ0) is 13.3. The minimum atomic E-state index is -0.846. The largest absolute Gasteiger partial charge is 0.343 e. The maximum Gasteiger partial charge on any atom is 0.246 e. The SMILES string of the molecule is CC1NC(=O)C(C)(C)N(Cc2ccccn2)C1=O. The number of nitrogens with one attached hydrogen (secondary N) is 1. The molecule has 0 aliphatic carbocycles. The number of hydrogen-bond donors (Lipinski definition) is 1. The lowest BCUT2D eigenvalue weighted by Gasteiger charge is -2.43. The topological polar surface area (TPSA) is 62.3 Å². The minimum absolute atomic E-state index is 0.0785. The van der Waals surface area contributed by atoms with Crippen molar-refractivity contribution in [2.45, 2.75) is 38.9 Å². The summed E-state index contributed by atoms with van der Waals surface area (Å²) in [4.78, 5) is 29.9. The summed E-state index contributed by atoms with van der Waals surface area (Å²) in [5.41, 5.74) is -0.0676. The third kappa shape index (κ3) is 2.08. The van der Waals surface area contributed by atoms with Gasteiger partial charge in [0.2, 0.25) is 11.8 Å². The molecule has 1 aliphatic heterocycles. The maximum absolute atomic E-state index is 12.2. The molecule has 18 heavy (non-hydrogen) atoms. The number of piperazine rings is 1. The molecule has 1 aromatic rings. The predicted octanol–water partition coefficient (Wildman–Crippen LogP) is 0.707. The second-order valence-corrected chi connectivity index (χ2v) is 5.00. The number of carbonyl (C=O) groups is 2. The Morgan fingerprint density at radius 1 is 1.39 bits per heavy atom. The summed E-state index contributed by atoms with van der Waals surface area (Å²) < 4.78 is 0. The van der Waals surface area contributed by atoms with Crippen LogP contribution in [-0.4, -0.2) is 33.3 Å². The molecule has 5 nitrogen and oxygen atoms in total. The van der Waals surface area contributed by atoms with Crippen LogP contribution in [0, 0.1) is 0 Å². The molecule has 1 N–H and O–H groups in total. The van der Waals surface area contributed by atoms with Crippen LogP contribution in [0.5, 0.6) is 0 Å². The molecule has 1 atom stereocenters. The number of rotatable bonds is 2. The van der Waals surface area contributed by atoms with E-state index in [1.807, 2.05) is 18.2 Å². The number of nitrogens with zero attached hydrogens (tertiary/aromatic N) is 2. The van der Waals surface area contributed by atoms with Crippen LogP contribution in [-0.2, 0) is 16.1 Å². The van der Waals surface area contributed by atoms with Gasteiger partial charge in [-0.15, -0.1) is 0 Å². The quantitative estimate of drug-likeness (QED) is 0.837. The Balaban J connectivity index is 2.28. The molecule has 2 heterocycles. The van der Waals surface area contributed by atoms with Crippen molar-refractivity contribution >= 4 is 11.8 Å². The molecule has 0 radical (unpaired) electrons. The first-order valence-corrected chi connectivity index (χ1v) is 5.95. The van der Waals surface area contributed by atoms with Crippen LogP contribution in [0.2, 0.25) is 0 Å². The van der Waals surface area contributed by atoms with Crippen molar-refractivity contribution in [3.8, 4) is 0 Å². The summed E-state index contributed by atoms with van der Waals surface area (Å²) in [5.74, 6) is -0.212. The van der Waals surface area contributed by atoms with Gasteiger partial charge in [-0.1, -0.05) is 6.07 Å². The minimum Gasteiger partial charge on any atom is -0.343 e. The molecule has 1 unspecified atom stereocenters. The van der Waals surface area contributed by atoms with E-state index in [1.165, 1.54) is 0 Å². The highest BCUT2D eigenvalue weighted by Crippen LogP contribution is 2.22. The number of hydrogen-bond acceptors (Lipinski definition) is 3. The number of aromatic nitrogens is 1. The molecule has 1 aromatic heterocycles. The summed E-state index contributed by atoms with van der Waals surface area (Å²) >= 11 is 0. The Morgan fingerprint density at radius 3 is 2.72 bits per heavy atom. The molecule has 96 valence electrons. The normalized spacial score (nSPS) is 22.8. The molecule has 1 aliphatic rings. The summed E-state index contributed by atoms with van der Waals surface area (Å²) in [5, 5.41) is 2.68. The van der Waals surface area contributed by atoms with Crippen LogP contribution in [0.1, 0.15) is 26.5 Å². The van der Waals surface area contributed by atoms with Crippen molar-refractivity contribution in [1.82, 2.24) is 15.2 Å². The fraction of sp³-hybridized carbons (Fsp3) is 0.462. The average molecular weight is 247 g/mol. The highest BCUT2D eigenvalue weighted by molar-refractivity contribution is 5.99. The second kappa shape index (κ2) is 4.40. The molecule has 2 amide bonds. The first-order valence-electron chi connectivity index (χ1n) is 5.95. The Bertz CT molecular complexity index is 470. The molecule has 5 heteroatoms. The summed E-state index contributed by atoms with van der Waals surface area (Å²) in [6.45, 7) is 5.54. The van der Waals surface area contributed by atoms with Crippen LogP contribution in [0.15, 0.2) is 24.4 Å². The van der Waals surface area contributed by atoms with Gasteiger partial charge in [0.1, 0.15) is 11.6 Å². The van der Waals surface area contributed by atoms with Crippen LogP contribution >= 0.6 is 0 Å². The van der Waals surface area contributed by atoms with Gasteiger partial charge in [-0.3, -0.25) is 14.6 Å². The smallest absolute Gasteiger partial charge is 0.246 e. The third-order valence-electron chi connectivity index (χ3n) is 3.26. The van der Waals surface area contributed by atoms with E-state index in [9.17, 15) is 9.59 Å². The van der Waals surface area contributed by atoms with Gasteiger partial charge in [-0.05, 0) is 32.9 Å². The average Bonchev–Trinajstić information content (AvgIpc) is 2.34. The molecular weight excluding hydrogens is 230 g/mol. The Labute approximate surface area is 106 Å². The third-order valence-corrected chi connectivity index (χ3v) is 3.26. The van der Waals surface area contributed by atoms with Crippen molar-refractivity contribution in [2.24, 2.45) is 0 Å². The van der Waals surface area contributed by atoms with Crippen molar-refractivity contribution in [3.05, 3.63) is 30.1 Å².